The Hall–Kier alpha value is -4.16. The smallest absolute Gasteiger partial charge is 0.191 e. The van der Waals surface area contributed by atoms with E-state index < -0.39 is 0 Å². The third-order valence-electron chi connectivity index (χ3n) is 6.42. The van der Waals surface area contributed by atoms with Crippen molar-refractivity contribution in [3.8, 4) is 34.3 Å². The lowest BCUT2D eigenvalue weighted by Gasteiger charge is -2.14. The van der Waals surface area contributed by atoms with Crippen LogP contribution in [0.5, 0.6) is 11.5 Å². The molecule has 5 nitrogen and oxygen atoms in total. The summed E-state index contributed by atoms with van der Waals surface area (Å²) in [6, 6.07) is 28.6. The third-order valence-corrected chi connectivity index (χ3v) is 7.15. The Balaban J connectivity index is 1.63. The molecule has 0 fully saturated rings. The summed E-state index contributed by atoms with van der Waals surface area (Å²) >= 11 is 1.55. The minimum atomic E-state index is 0.0740. The second-order valence-corrected chi connectivity index (χ2v) is 9.89. The van der Waals surface area contributed by atoms with Crippen molar-refractivity contribution in [1.29, 1.82) is 0 Å². The van der Waals surface area contributed by atoms with E-state index in [1.54, 1.807) is 23.9 Å². The van der Waals surface area contributed by atoms with Crippen LogP contribution < -0.4 is 4.74 Å². The molecule has 6 heteroatoms. The van der Waals surface area contributed by atoms with E-state index in [2.05, 4.69) is 72.6 Å². The van der Waals surface area contributed by atoms with E-state index in [-0.39, 0.29) is 5.75 Å². The molecule has 0 aliphatic carbocycles. The van der Waals surface area contributed by atoms with Gasteiger partial charge in [-0.2, -0.15) is 0 Å². The fraction of sp³-hybridized carbons (Fsp3) is 0.129. The van der Waals surface area contributed by atoms with Crippen LogP contribution in [0.4, 0.5) is 0 Å². The maximum absolute atomic E-state index is 10.8. The minimum Gasteiger partial charge on any atom is -0.507 e. The number of thioether (sulfide) groups is 1. The average molecular weight is 504 g/mol. The van der Waals surface area contributed by atoms with Gasteiger partial charge < -0.3 is 9.84 Å². The molecular formula is C31H25N3O2S. The normalized spacial score (nSPS) is 11.4. The van der Waals surface area contributed by atoms with E-state index in [0.717, 1.165) is 27.5 Å². The van der Waals surface area contributed by atoms with E-state index in [4.69, 9.17) is 14.7 Å². The summed E-state index contributed by atoms with van der Waals surface area (Å²) in [7, 11) is 0. The Morgan fingerprint density at radius 3 is 2.14 bits per heavy atom. The van der Waals surface area contributed by atoms with Crippen LogP contribution in [-0.2, 0) is 0 Å². The molecule has 1 aromatic heterocycles. The maximum Gasteiger partial charge on any atom is 0.191 e. The Labute approximate surface area is 219 Å². The monoisotopic (exact) mass is 503 g/mol. The lowest BCUT2D eigenvalue weighted by Crippen LogP contribution is -2.00. The van der Waals surface area contributed by atoms with Gasteiger partial charge in [0.15, 0.2) is 16.8 Å². The van der Waals surface area contributed by atoms with Gasteiger partial charge in [0.2, 0.25) is 0 Å². The molecule has 0 radical (unpaired) electrons. The highest BCUT2D eigenvalue weighted by atomic mass is 32.2. The fourth-order valence-electron chi connectivity index (χ4n) is 4.79. The molecule has 5 aromatic carbocycles. The Morgan fingerprint density at radius 2 is 1.38 bits per heavy atom. The first-order chi connectivity index (χ1) is 18.2. The molecule has 0 bridgehead atoms. The minimum absolute atomic E-state index is 0.0740. The van der Waals surface area contributed by atoms with Crippen LogP contribution in [0.15, 0.2) is 90.1 Å². The van der Waals surface area contributed by atoms with Gasteiger partial charge in [-0.15, -0.1) is 0 Å². The molecule has 1 N–H and O–H groups in total. The van der Waals surface area contributed by atoms with Crippen molar-refractivity contribution in [2.75, 3.05) is 12.4 Å². The molecule has 0 aliphatic rings. The first-order valence-corrected chi connectivity index (χ1v) is 13.3. The van der Waals surface area contributed by atoms with Gasteiger partial charge >= 0.3 is 0 Å². The number of aromatic nitrogens is 3. The van der Waals surface area contributed by atoms with Gasteiger partial charge in [-0.3, -0.25) is 0 Å². The van der Waals surface area contributed by atoms with Crippen LogP contribution in [0.3, 0.4) is 0 Å². The summed E-state index contributed by atoms with van der Waals surface area (Å²) in [6.07, 6.45) is 0. The molecule has 0 unspecified atom stereocenters. The van der Waals surface area contributed by atoms with Crippen molar-refractivity contribution in [3.05, 3.63) is 84.9 Å². The van der Waals surface area contributed by atoms with Gasteiger partial charge in [0.05, 0.1) is 12.2 Å². The summed E-state index contributed by atoms with van der Waals surface area (Å²) in [5.74, 6) is 2.52. The highest BCUT2D eigenvalue weighted by Gasteiger charge is 2.17. The lowest BCUT2D eigenvalue weighted by atomic mass is 9.93. The second kappa shape index (κ2) is 9.71. The maximum atomic E-state index is 10.8. The zero-order valence-corrected chi connectivity index (χ0v) is 21.4. The fourth-order valence-corrected chi connectivity index (χ4v) is 5.35. The number of phenolic OH excluding ortho intramolecular Hbond substituents is 1. The Kier molecular flexibility index (Phi) is 6.10. The van der Waals surface area contributed by atoms with E-state index >= 15 is 0 Å². The quantitative estimate of drug-likeness (QED) is 0.184. The summed E-state index contributed by atoms with van der Waals surface area (Å²) in [5.41, 5.74) is 1.48. The summed E-state index contributed by atoms with van der Waals surface area (Å²) in [4.78, 5) is 14.4. The number of rotatable bonds is 6. The standard InChI is InChI=1S/C31H25N3O2S/c1-3-36-20-14-16-25(28(35)17-20)29-32-30(34-31(33-29)37-4-2)27-18-26-21-10-6-5-9-19(21)13-15-24(26)22-11-7-8-12-23(22)27/h5-18,35H,3-4H2,1-2H3. The van der Waals surface area contributed by atoms with Crippen LogP contribution >= 0.6 is 11.8 Å². The second-order valence-electron chi connectivity index (χ2n) is 8.66. The van der Waals surface area contributed by atoms with Gasteiger partial charge in [-0.1, -0.05) is 79.3 Å². The topological polar surface area (TPSA) is 68.1 Å². The number of nitrogens with zero attached hydrogens (tertiary/aromatic N) is 3. The van der Waals surface area contributed by atoms with Crippen LogP contribution in [0.1, 0.15) is 13.8 Å². The Morgan fingerprint density at radius 1 is 0.676 bits per heavy atom. The van der Waals surface area contributed by atoms with E-state index in [0.29, 0.717) is 34.7 Å². The summed E-state index contributed by atoms with van der Waals surface area (Å²) in [6.45, 7) is 4.50. The zero-order chi connectivity index (χ0) is 25.4. The molecule has 0 saturated carbocycles. The summed E-state index contributed by atoms with van der Waals surface area (Å²) < 4.78 is 5.54. The number of hydrogen-bond donors (Lipinski definition) is 1. The molecule has 0 atom stereocenters. The molecular weight excluding hydrogens is 478 g/mol. The summed E-state index contributed by atoms with van der Waals surface area (Å²) in [5, 5.41) is 18.4. The third kappa shape index (κ3) is 4.23. The molecule has 182 valence electrons. The van der Waals surface area contributed by atoms with Crippen LogP contribution in [-0.4, -0.2) is 32.4 Å². The molecule has 0 aliphatic heterocycles. The molecule has 0 saturated heterocycles. The van der Waals surface area contributed by atoms with Crippen molar-refractivity contribution in [2.24, 2.45) is 0 Å². The highest BCUT2D eigenvalue weighted by Crippen LogP contribution is 2.38. The van der Waals surface area contributed by atoms with Gasteiger partial charge in [0.25, 0.3) is 0 Å². The van der Waals surface area contributed by atoms with Crippen LogP contribution in [0.2, 0.25) is 0 Å². The first-order valence-electron chi connectivity index (χ1n) is 12.3. The van der Waals surface area contributed by atoms with E-state index in [1.165, 1.54) is 16.2 Å². The number of fused-ring (bicyclic) bond motifs is 5. The van der Waals surface area contributed by atoms with Crippen molar-refractivity contribution in [2.45, 2.75) is 19.0 Å². The highest BCUT2D eigenvalue weighted by molar-refractivity contribution is 7.99. The van der Waals surface area contributed by atoms with Gasteiger partial charge in [0.1, 0.15) is 11.5 Å². The average Bonchev–Trinajstić information content (AvgIpc) is 2.92. The molecule has 1 heterocycles. The van der Waals surface area contributed by atoms with Crippen LogP contribution in [0, 0.1) is 0 Å². The van der Waals surface area contributed by atoms with Gasteiger partial charge in [-0.25, -0.2) is 15.0 Å². The lowest BCUT2D eigenvalue weighted by molar-refractivity contribution is 0.338. The molecule has 37 heavy (non-hydrogen) atoms. The number of benzene rings is 5. The van der Waals surface area contributed by atoms with Crippen molar-refractivity contribution in [3.63, 3.8) is 0 Å². The van der Waals surface area contributed by atoms with Gasteiger partial charge in [0, 0.05) is 11.6 Å². The van der Waals surface area contributed by atoms with Crippen molar-refractivity contribution >= 4 is 44.1 Å². The van der Waals surface area contributed by atoms with Crippen molar-refractivity contribution in [1.82, 2.24) is 15.0 Å². The zero-order valence-electron chi connectivity index (χ0n) is 20.6. The van der Waals surface area contributed by atoms with Crippen molar-refractivity contribution < 1.29 is 9.84 Å². The molecule has 6 aromatic rings. The SMILES string of the molecule is CCOc1ccc(-c2nc(SCC)nc(-c3cc4c5ccccc5ccc4c4ccccc34)n2)c(O)c1. The number of phenols is 1. The van der Waals surface area contributed by atoms with Gasteiger partial charge in [-0.05, 0) is 63.2 Å². The molecule has 0 amide bonds. The van der Waals surface area contributed by atoms with E-state index in [9.17, 15) is 5.11 Å². The Bertz CT molecular complexity index is 1780. The van der Waals surface area contributed by atoms with E-state index in [1.807, 2.05) is 19.1 Å². The molecule has 6 rings (SSSR count). The molecule has 0 spiro atoms. The number of aromatic hydroxyl groups is 1. The predicted molar refractivity (Wildman–Crippen MR) is 152 cm³/mol. The largest absolute Gasteiger partial charge is 0.507 e. The number of hydrogen-bond acceptors (Lipinski definition) is 6. The predicted octanol–water partition coefficient (Wildman–Crippen LogP) is 7.88. The van der Waals surface area contributed by atoms with Crippen LogP contribution in [0.25, 0.3) is 55.1 Å². The number of ether oxygens (including phenoxy) is 1. The first kappa shape index (κ1) is 23.3.